The number of halogens is 6. The molecule has 0 saturated carbocycles. The molecule has 1 atom stereocenters. The number of carboxylic acids is 2. The van der Waals surface area contributed by atoms with E-state index in [0.29, 0.717) is 12.0 Å². The first kappa shape index (κ1) is 29.9. The van der Waals surface area contributed by atoms with Crippen LogP contribution in [-0.2, 0) is 19.1 Å². The first-order valence-corrected chi connectivity index (χ1v) is 10.3. The number of carbonyl (C=O) groups is 3. The van der Waals surface area contributed by atoms with Crippen LogP contribution >= 0.6 is 0 Å². The van der Waals surface area contributed by atoms with Gasteiger partial charge in [-0.15, -0.1) is 0 Å². The van der Waals surface area contributed by atoms with E-state index in [9.17, 15) is 31.1 Å². The molecule has 1 amide bonds. The monoisotopic (exact) mass is 509 g/mol. The molecule has 0 aromatic heterocycles. The van der Waals surface area contributed by atoms with Crippen molar-refractivity contribution in [1.29, 1.82) is 0 Å². The van der Waals surface area contributed by atoms with Gasteiger partial charge in [0.2, 0.25) is 5.91 Å². The number of hydrogen-bond acceptors (Lipinski definition) is 6. The summed E-state index contributed by atoms with van der Waals surface area (Å²) in [5.74, 6) is -4.54. The normalized spacial score (nSPS) is 22.2. The van der Waals surface area contributed by atoms with Crippen LogP contribution < -0.4 is 0 Å². The van der Waals surface area contributed by atoms with Gasteiger partial charge < -0.3 is 24.7 Å². The number of rotatable bonds is 4. The van der Waals surface area contributed by atoms with Crippen LogP contribution in [0.2, 0.25) is 0 Å². The van der Waals surface area contributed by atoms with Crippen molar-refractivity contribution in [3.8, 4) is 0 Å². The fraction of sp³-hybridized carbons (Fsp3) is 0.842. The number of carbonyl (C=O) groups excluding carboxylic acids is 1. The zero-order valence-electron chi connectivity index (χ0n) is 18.8. The van der Waals surface area contributed by atoms with Crippen molar-refractivity contribution in [2.75, 3.05) is 66.6 Å². The SMILES string of the molecule is CN(C)C(=O)CN1CCC2(C1)CN(CC1CCOC1)C2.O=C(O)C(F)(F)F.O=C(O)C(F)(F)F. The zero-order valence-corrected chi connectivity index (χ0v) is 18.8. The molecule has 34 heavy (non-hydrogen) atoms. The molecular formula is C19H29F6N3O6. The molecular weight excluding hydrogens is 480 g/mol. The second-order valence-electron chi connectivity index (χ2n) is 8.75. The van der Waals surface area contributed by atoms with Gasteiger partial charge in [0.15, 0.2) is 0 Å². The average molecular weight is 509 g/mol. The summed E-state index contributed by atoms with van der Waals surface area (Å²) in [6.07, 6.45) is -7.68. The molecule has 3 saturated heterocycles. The minimum Gasteiger partial charge on any atom is -0.475 e. The fourth-order valence-electron chi connectivity index (χ4n) is 3.88. The lowest BCUT2D eigenvalue weighted by Crippen LogP contribution is -2.58. The number of hydrogen-bond donors (Lipinski definition) is 2. The van der Waals surface area contributed by atoms with Gasteiger partial charge in [-0.25, -0.2) is 9.59 Å². The Morgan fingerprint density at radius 2 is 1.44 bits per heavy atom. The topological polar surface area (TPSA) is 111 Å². The van der Waals surface area contributed by atoms with Crippen LogP contribution in [-0.4, -0.2) is 122 Å². The number of carboxylic acid groups (broad SMARTS) is 2. The summed E-state index contributed by atoms with van der Waals surface area (Å²) in [4.78, 5) is 36.2. The second kappa shape index (κ2) is 12.0. The molecule has 198 valence electrons. The van der Waals surface area contributed by atoms with Crippen molar-refractivity contribution < 1.29 is 55.7 Å². The lowest BCUT2D eigenvalue weighted by atomic mass is 9.78. The average Bonchev–Trinajstić information content (AvgIpc) is 3.31. The molecule has 3 aliphatic rings. The smallest absolute Gasteiger partial charge is 0.475 e. The molecule has 0 aromatic rings. The van der Waals surface area contributed by atoms with Crippen molar-refractivity contribution in [2.24, 2.45) is 11.3 Å². The summed E-state index contributed by atoms with van der Waals surface area (Å²) in [6.45, 7) is 8.32. The van der Waals surface area contributed by atoms with Crippen molar-refractivity contribution >= 4 is 17.8 Å². The van der Waals surface area contributed by atoms with Crippen molar-refractivity contribution in [2.45, 2.75) is 25.2 Å². The van der Waals surface area contributed by atoms with Gasteiger partial charge in [-0.05, 0) is 25.3 Å². The first-order chi connectivity index (χ1) is 15.4. The Balaban J connectivity index is 0.000000343. The van der Waals surface area contributed by atoms with E-state index in [0.717, 1.165) is 32.2 Å². The summed E-state index contributed by atoms with van der Waals surface area (Å²) in [6, 6.07) is 0. The van der Waals surface area contributed by atoms with Gasteiger partial charge in [0.05, 0.1) is 13.2 Å². The second-order valence-corrected chi connectivity index (χ2v) is 8.75. The van der Waals surface area contributed by atoms with E-state index in [1.807, 2.05) is 14.1 Å². The molecule has 0 aromatic carbocycles. The molecule has 3 rings (SSSR count). The van der Waals surface area contributed by atoms with Gasteiger partial charge >= 0.3 is 24.3 Å². The highest BCUT2D eigenvalue weighted by molar-refractivity contribution is 5.77. The highest BCUT2D eigenvalue weighted by Crippen LogP contribution is 2.40. The Hall–Kier alpha value is -2.13. The van der Waals surface area contributed by atoms with Gasteiger partial charge in [0.25, 0.3) is 0 Å². The minimum atomic E-state index is -5.08. The van der Waals surface area contributed by atoms with Crippen LogP contribution in [0.3, 0.4) is 0 Å². The molecule has 1 unspecified atom stereocenters. The third-order valence-corrected chi connectivity index (χ3v) is 5.52. The van der Waals surface area contributed by atoms with E-state index in [-0.39, 0.29) is 5.91 Å². The molecule has 2 N–H and O–H groups in total. The molecule has 0 radical (unpaired) electrons. The summed E-state index contributed by atoms with van der Waals surface area (Å²) in [7, 11) is 3.67. The maximum atomic E-state index is 11.8. The van der Waals surface area contributed by atoms with Gasteiger partial charge in [-0.2, -0.15) is 26.3 Å². The Labute approximate surface area is 192 Å². The molecule has 15 heteroatoms. The highest BCUT2D eigenvalue weighted by atomic mass is 19.4. The Morgan fingerprint density at radius 1 is 0.971 bits per heavy atom. The first-order valence-electron chi connectivity index (χ1n) is 10.3. The molecule has 9 nitrogen and oxygen atoms in total. The van der Waals surface area contributed by atoms with E-state index in [4.69, 9.17) is 24.5 Å². The van der Waals surface area contributed by atoms with Crippen LogP contribution in [0.25, 0.3) is 0 Å². The third kappa shape index (κ3) is 10.0. The van der Waals surface area contributed by atoms with Crippen LogP contribution in [0, 0.1) is 11.3 Å². The Morgan fingerprint density at radius 3 is 1.82 bits per heavy atom. The van der Waals surface area contributed by atoms with Crippen molar-refractivity contribution in [3.63, 3.8) is 0 Å². The predicted molar refractivity (Wildman–Crippen MR) is 105 cm³/mol. The predicted octanol–water partition coefficient (Wildman–Crippen LogP) is 1.39. The maximum Gasteiger partial charge on any atom is 0.490 e. The number of alkyl halides is 6. The fourth-order valence-corrected chi connectivity index (χ4v) is 3.88. The molecule has 0 bridgehead atoms. The van der Waals surface area contributed by atoms with Crippen LogP contribution in [0.5, 0.6) is 0 Å². The van der Waals surface area contributed by atoms with Crippen LogP contribution in [0.15, 0.2) is 0 Å². The van der Waals surface area contributed by atoms with Crippen LogP contribution in [0.1, 0.15) is 12.8 Å². The van der Waals surface area contributed by atoms with Gasteiger partial charge in [0, 0.05) is 52.3 Å². The third-order valence-electron chi connectivity index (χ3n) is 5.52. The maximum absolute atomic E-state index is 11.8. The van der Waals surface area contributed by atoms with Crippen LogP contribution in [0.4, 0.5) is 26.3 Å². The lowest BCUT2D eigenvalue weighted by molar-refractivity contribution is -0.193. The molecule has 3 heterocycles. The Kier molecular flexibility index (Phi) is 10.6. The lowest BCUT2D eigenvalue weighted by Gasteiger charge is -2.49. The zero-order chi connectivity index (χ0) is 26.3. The van der Waals surface area contributed by atoms with E-state index >= 15 is 0 Å². The summed E-state index contributed by atoms with van der Waals surface area (Å²) in [5, 5.41) is 14.2. The quantitative estimate of drug-likeness (QED) is 0.548. The van der Waals surface area contributed by atoms with Gasteiger partial charge in [0.1, 0.15) is 0 Å². The van der Waals surface area contributed by atoms with E-state index < -0.39 is 24.3 Å². The molecule has 0 aliphatic carbocycles. The number of nitrogens with zero attached hydrogens (tertiary/aromatic N) is 3. The molecule has 3 fully saturated rings. The highest BCUT2D eigenvalue weighted by Gasteiger charge is 2.48. The number of aliphatic carboxylic acids is 2. The number of likely N-dealkylation sites (N-methyl/N-ethyl adjacent to an activating group) is 1. The van der Waals surface area contributed by atoms with E-state index in [1.54, 1.807) is 4.90 Å². The summed E-state index contributed by atoms with van der Waals surface area (Å²) >= 11 is 0. The van der Waals surface area contributed by atoms with Gasteiger partial charge in [-0.3, -0.25) is 9.69 Å². The summed E-state index contributed by atoms with van der Waals surface area (Å²) in [5.41, 5.74) is 0.478. The number of amides is 1. The largest absolute Gasteiger partial charge is 0.490 e. The van der Waals surface area contributed by atoms with Crippen molar-refractivity contribution in [1.82, 2.24) is 14.7 Å². The van der Waals surface area contributed by atoms with E-state index in [1.165, 1.54) is 32.5 Å². The number of ether oxygens (including phenoxy) is 1. The minimum absolute atomic E-state index is 0.223. The van der Waals surface area contributed by atoms with Crippen molar-refractivity contribution in [3.05, 3.63) is 0 Å². The Bertz CT molecular complexity index is 680. The molecule has 1 spiro atoms. The molecule has 3 aliphatic heterocycles. The van der Waals surface area contributed by atoms with E-state index in [2.05, 4.69) is 9.80 Å². The number of likely N-dealkylation sites (tertiary alicyclic amines) is 2. The standard InChI is InChI=1S/C15H27N3O2.2C2HF3O2/c1-16(2)14(19)8-17-5-4-15(10-17)11-18(12-15)7-13-3-6-20-9-13;2*3-2(4,5)1(6)7/h13H,3-12H2,1-2H3;2*(H,6,7). The van der Waals surface area contributed by atoms with Gasteiger partial charge in [-0.1, -0.05) is 0 Å². The summed E-state index contributed by atoms with van der Waals surface area (Å²) < 4.78 is 68.9.